The molecule has 22 heavy (non-hydrogen) atoms. The fourth-order valence-corrected chi connectivity index (χ4v) is 4.06. The van der Waals surface area contributed by atoms with E-state index >= 15 is 0 Å². The summed E-state index contributed by atoms with van der Waals surface area (Å²) in [6.07, 6.45) is 8.83. The van der Waals surface area contributed by atoms with Crippen LogP contribution in [-0.2, 0) is 9.47 Å². The third-order valence-electron chi connectivity index (χ3n) is 4.13. The monoisotopic (exact) mass is 426 g/mol. The van der Waals surface area contributed by atoms with Gasteiger partial charge >= 0.3 is 0 Å². The van der Waals surface area contributed by atoms with Gasteiger partial charge in [0.2, 0.25) is 0 Å². The molecule has 0 aliphatic carbocycles. The van der Waals surface area contributed by atoms with Gasteiger partial charge in [0.05, 0.1) is 0 Å². The van der Waals surface area contributed by atoms with Gasteiger partial charge < -0.3 is 9.47 Å². The highest BCUT2D eigenvalue weighted by molar-refractivity contribution is 14.1. The molecule has 0 N–H and O–H groups in total. The number of hydrogen-bond acceptors (Lipinski definition) is 2. The van der Waals surface area contributed by atoms with Crippen LogP contribution in [0.15, 0.2) is 0 Å². The second-order valence-electron chi connectivity index (χ2n) is 7.23. The Morgan fingerprint density at radius 3 is 1.91 bits per heavy atom. The van der Waals surface area contributed by atoms with Crippen LogP contribution in [0.25, 0.3) is 0 Å². The molecule has 0 saturated heterocycles. The van der Waals surface area contributed by atoms with Crippen molar-refractivity contribution < 1.29 is 9.47 Å². The van der Waals surface area contributed by atoms with Crippen LogP contribution in [0.2, 0.25) is 0 Å². The SMILES string of the molecule is CCCCOCOCCCC(C)CC(C)CC(C)CC(C)I. The zero-order valence-electron chi connectivity index (χ0n) is 15.6. The minimum atomic E-state index is 0.469. The summed E-state index contributed by atoms with van der Waals surface area (Å²) in [6, 6.07) is 0. The molecule has 2 nitrogen and oxygen atoms in total. The van der Waals surface area contributed by atoms with E-state index in [0.717, 1.165) is 47.7 Å². The van der Waals surface area contributed by atoms with Crippen LogP contribution in [0.3, 0.4) is 0 Å². The van der Waals surface area contributed by atoms with Crippen molar-refractivity contribution in [2.45, 2.75) is 83.5 Å². The summed E-state index contributed by atoms with van der Waals surface area (Å²) in [5.74, 6) is 2.51. The van der Waals surface area contributed by atoms with E-state index in [0.29, 0.717) is 6.79 Å². The van der Waals surface area contributed by atoms with Crippen molar-refractivity contribution in [1.82, 2.24) is 0 Å². The average molecular weight is 426 g/mol. The Morgan fingerprint density at radius 2 is 1.32 bits per heavy atom. The maximum Gasteiger partial charge on any atom is 0.146 e. The van der Waals surface area contributed by atoms with Crippen molar-refractivity contribution in [3.05, 3.63) is 0 Å². The molecule has 3 heteroatoms. The molecule has 134 valence electrons. The number of rotatable bonds is 15. The predicted molar refractivity (Wildman–Crippen MR) is 106 cm³/mol. The summed E-state index contributed by atoms with van der Waals surface area (Å²) < 4.78 is 11.7. The minimum absolute atomic E-state index is 0.469. The topological polar surface area (TPSA) is 18.5 Å². The molecule has 0 heterocycles. The second kappa shape index (κ2) is 15.2. The van der Waals surface area contributed by atoms with Crippen LogP contribution in [-0.4, -0.2) is 23.9 Å². The molecule has 0 aromatic carbocycles. The molecular formula is C19H39IO2. The van der Waals surface area contributed by atoms with Crippen LogP contribution in [0, 0.1) is 17.8 Å². The number of hydrogen-bond donors (Lipinski definition) is 0. The zero-order valence-corrected chi connectivity index (χ0v) is 17.7. The van der Waals surface area contributed by atoms with Gasteiger partial charge in [-0.15, -0.1) is 0 Å². The summed E-state index contributed by atoms with van der Waals surface area (Å²) in [7, 11) is 0. The maximum atomic E-state index is 5.52. The Balaban J connectivity index is 3.49. The normalized spacial score (nSPS) is 17.2. The van der Waals surface area contributed by atoms with E-state index < -0.39 is 0 Å². The highest BCUT2D eigenvalue weighted by Gasteiger charge is 2.13. The number of unbranched alkanes of at least 4 members (excludes halogenated alkanes) is 1. The molecule has 0 rings (SSSR count). The Kier molecular flexibility index (Phi) is 15.6. The second-order valence-corrected chi connectivity index (χ2v) is 9.36. The molecule has 0 aliphatic heterocycles. The molecule has 4 atom stereocenters. The molecule has 0 aromatic rings. The summed E-state index contributed by atoms with van der Waals surface area (Å²) in [4.78, 5) is 0. The highest BCUT2D eigenvalue weighted by atomic mass is 127. The van der Waals surface area contributed by atoms with Crippen molar-refractivity contribution in [3.8, 4) is 0 Å². The van der Waals surface area contributed by atoms with Crippen molar-refractivity contribution in [2.75, 3.05) is 20.0 Å². The van der Waals surface area contributed by atoms with Gasteiger partial charge in [0, 0.05) is 17.1 Å². The van der Waals surface area contributed by atoms with E-state index in [-0.39, 0.29) is 0 Å². The van der Waals surface area contributed by atoms with E-state index in [1.165, 1.54) is 32.1 Å². The molecule has 4 unspecified atom stereocenters. The van der Waals surface area contributed by atoms with E-state index in [4.69, 9.17) is 9.47 Å². The highest BCUT2D eigenvalue weighted by Crippen LogP contribution is 2.25. The fraction of sp³-hybridized carbons (Fsp3) is 1.00. The lowest BCUT2D eigenvalue weighted by atomic mass is 9.86. The first-order valence-electron chi connectivity index (χ1n) is 9.25. The lowest BCUT2D eigenvalue weighted by Crippen LogP contribution is -2.11. The Bertz CT molecular complexity index is 233. The first-order chi connectivity index (χ1) is 10.5. The Morgan fingerprint density at radius 1 is 0.773 bits per heavy atom. The number of halogens is 1. The van der Waals surface area contributed by atoms with Crippen LogP contribution >= 0.6 is 22.6 Å². The number of alkyl halides is 1. The van der Waals surface area contributed by atoms with Gasteiger partial charge in [0.25, 0.3) is 0 Å². The van der Waals surface area contributed by atoms with Crippen molar-refractivity contribution in [3.63, 3.8) is 0 Å². The summed E-state index contributed by atoms with van der Waals surface area (Å²) >= 11 is 2.54. The van der Waals surface area contributed by atoms with E-state index in [1.54, 1.807) is 0 Å². The molecule has 0 saturated carbocycles. The smallest absolute Gasteiger partial charge is 0.146 e. The lowest BCUT2D eigenvalue weighted by molar-refractivity contribution is -0.0558. The van der Waals surface area contributed by atoms with Gasteiger partial charge in [0.15, 0.2) is 0 Å². The lowest BCUT2D eigenvalue weighted by Gasteiger charge is -2.21. The first-order valence-corrected chi connectivity index (χ1v) is 10.5. The summed E-state index contributed by atoms with van der Waals surface area (Å²) in [5.41, 5.74) is 0. The molecule has 0 bridgehead atoms. The van der Waals surface area contributed by atoms with Gasteiger partial charge in [-0.3, -0.25) is 0 Å². The molecule has 0 aliphatic rings. The molecule has 0 aromatic heterocycles. The van der Waals surface area contributed by atoms with Crippen LogP contribution < -0.4 is 0 Å². The minimum Gasteiger partial charge on any atom is -0.355 e. The van der Waals surface area contributed by atoms with E-state index in [9.17, 15) is 0 Å². The van der Waals surface area contributed by atoms with E-state index in [1.807, 2.05) is 0 Å². The first kappa shape index (κ1) is 22.6. The third-order valence-corrected chi connectivity index (χ3v) is 4.64. The Labute approximate surface area is 153 Å². The van der Waals surface area contributed by atoms with Crippen LogP contribution in [0.1, 0.15) is 79.6 Å². The maximum absolute atomic E-state index is 5.52. The molecule has 0 amide bonds. The van der Waals surface area contributed by atoms with Crippen LogP contribution in [0.5, 0.6) is 0 Å². The Hall–Kier alpha value is 0.650. The molecular weight excluding hydrogens is 387 g/mol. The van der Waals surface area contributed by atoms with Gasteiger partial charge in [-0.25, -0.2) is 0 Å². The van der Waals surface area contributed by atoms with E-state index in [2.05, 4.69) is 57.2 Å². The quantitative estimate of drug-likeness (QED) is 0.130. The molecule has 0 spiro atoms. The van der Waals surface area contributed by atoms with Gasteiger partial charge in [0.1, 0.15) is 6.79 Å². The van der Waals surface area contributed by atoms with Gasteiger partial charge in [-0.1, -0.05) is 63.6 Å². The average Bonchev–Trinajstić information content (AvgIpc) is 2.40. The summed E-state index contributed by atoms with van der Waals surface area (Å²) in [5, 5.41) is 0. The van der Waals surface area contributed by atoms with Crippen molar-refractivity contribution in [2.24, 2.45) is 17.8 Å². The van der Waals surface area contributed by atoms with Crippen molar-refractivity contribution in [1.29, 1.82) is 0 Å². The summed E-state index contributed by atoms with van der Waals surface area (Å²) in [6.45, 7) is 13.8. The fourth-order valence-electron chi connectivity index (χ4n) is 3.20. The predicted octanol–water partition coefficient (Wildman–Crippen LogP) is 6.46. The third kappa shape index (κ3) is 15.5. The molecule has 0 radical (unpaired) electrons. The standard InChI is InChI=1S/C19H39IO2/c1-6-7-10-21-15-22-11-8-9-16(2)12-17(3)13-18(4)14-19(5)20/h16-19H,6-15H2,1-5H3. The van der Waals surface area contributed by atoms with Gasteiger partial charge in [-0.2, -0.15) is 0 Å². The van der Waals surface area contributed by atoms with Crippen LogP contribution in [0.4, 0.5) is 0 Å². The van der Waals surface area contributed by atoms with Gasteiger partial charge in [-0.05, 0) is 56.3 Å². The largest absolute Gasteiger partial charge is 0.355 e. The number of ether oxygens (including phenoxy) is 2. The zero-order chi connectivity index (χ0) is 16.8. The van der Waals surface area contributed by atoms with Crippen molar-refractivity contribution >= 4 is 22.6 Å². The molecule has 0 fully saturated rings.